The number of aromatic nitrogens is 3. The van der Waals surface area contributed by atoms with E-state index in [1.54, 1.807) is 23.1 Å². The molecule has 0 aliphatic heterocycles. The van der Waals surface area contributed by atoms with Gasteiger partial charge in [0.05, 0.1) is 9.90 Å². The van der Waals surface area contributed by atoms with Crippen LogP contribution in [-0.4, -0.2) is 14.6 Å². The monoisotopic (exact) mass is 337 g/mol. The summed E-state index contributed by atoms with van der Waals surface area (Å²) in [5.41, 5.74) is 3.47. The molecule has 114 valence electrons. The predicted octanol–water partition coefficient (Wildman–Crippen LogP) is 5.23. The summed E-state index contributed by atoms with van der Waals surface area (Å²) in [7, 11) is 0. The molecule has 0 saturated heterocycles. The van der Waals surface area contributed by atoms with Gasteiger partial charge in [-0.05, 0) is 26.0 Å². The zero-order chi connectivity index (χ0) is 15.8. The van der Waals surface area contributed by atoms with Crippen LogP contribution in [0, 0.1) is 13.8 Å². The number of nitrogens with zero attached hydrogens (tertiary/aromatic N) is 3. The second-order valence-electron chi connectivity index (χ2n) is 5.39. The van der Waals surface area contributed by atoms with Crippen molar-refractivity contribution in [2.24, 2.45) is 0 Å². The van der Waals surface area contributed by atoms with E-state index < -0.39 is 0 Å². The third-order valence-electron chi connectivity index (χ3n) is 3.64. The van der Waals surface area contributed by atoms with E-state index in [1.165, 1.54) is 14.7 Å². The molecule has 0 bridgehead atoms. The molecule has 4 rings (SSSR count). The number of hydrogen-bond donors (Lipinski definition) is 0. The Balaban J connectivity index is 1.69. The van der Waals surface area contributed by atoms with Crippen molar-refractivity contribution in [2.75, 3.05) is 0 Å². The fourth-order valence-electron chi connectivity index (χ4n) is 2.34. The lowest BCUT2D eigenvalue weighted by Crippen LogP contribution is -1.88. The van der Waals surface area contributed by atoms with Crippen molar-refractivity contribution in [3.05, 3.63) is 65.9 Å². The Morgan fingerprint density at radius 1 is 0.957 bits per heavy atom. The molecule has 0 amide bonds. The van der Waals surface area contributed by atoms with Crippen molar-refractivity contribution in [1.82, 2.24) is 14.6 Å². The summed E-state index contributed by atoms with van der Waals surface area (Å²) < 4.78 is 3.19. The lowest BCUT2D eigenvalue weighted by molar-refractivity contribution is 0.919. The Bertz CT molecular complexity index is 953. The molecular weight excluding hydrogens is 322 g/mol. The number of thiazole rings is 1. The first-order valence-electron chi connectivity index (χ1n) is 7.37. The Kier molecular flexibility index (Phi) is 3.67. The lowest BCUT2D eigenvalue weighted by atomic mass is 10.2. The smallest absolute Gasteiger partial charge is 0.207 e. The van der Waals surface area contributed by atoms with Crippen LogP contribution in [0.4, 0.5) is 0 Å². The molecule has 4 aromatic rings. The molecule has 2 heterocycles. The van der Waals surface area contributed by atoms with Crippen molar-refractivity contribution in [1.29, 1.82) is 0 Å². The SMILES string of the molecule is Cc1ccc(Sc2sc3nc(-c4ccccc4)nn3c2C)cc1. The molecule has 0 aliphatic rings. The minimum absolute atomic E-state index is 0.784. The molecule has 0 atom stereocenters. The Hall–Kier alpha value is -2.11. The summed E-state index contributed by atoms with van der Waals surface area (Å²) in [6, 6.07) is 18.7. The van der Waals surface area contributed by atoms with Gasteiger partial charge in [-0.3, -0.25) is 0 Å². The van der Waals surface area contributed by atoms with E-state index >= 15 is 0 Å². The van der Waals surface area contributed by atoms with Gasteiger partial charge >= 0.3 is 0 Å². The molecule has 2 aromatic heterocycles. The van der Waals surface area contributed by atoms with Crippen LogP contribution in [0.5, 0.6) is 0 Å². The summed E-state index contributed by atoms with van der Waals surface area (Å²) in [4.78, 5) is 6.86. The standard InChI is InChI=1S/C18H15N3S2/c1-12-8-10-15(11-9-12)22-17-13(2)21-18(23-17)19-16(20-21)14-6-4-3-5-7-14/h3-11H,1-2H3. The third-order valence-corrected chi connectivity index (χ3v) is 6.05. The minimum Gasteiger partial charge on any atom is -0.207 e. The number of fused-ring (bicyclic) bond motifs is 1. The van der Waals surface area contributed by atoms with E-state index in [2.05, 4.69) is 48.2 Å². The fraction of sp³-hybridized carbons (Fsp3) is 0.111. The Morgan fingerprint density at radius 3 is 2.39 bits per heavy atom. The first-order valence-corrected chi connectivity index (χ1v) is 9.00. The highest BCUT2D eigenvalue weighted by molar-refractivity contribution is 8.01. The first kappa shape index (κ1) is 14.5. The van der Waals surface area contributed by atoms with Crippen molar-refractivity contribution in [3.63, 3.8) is 0 Å². The van der Waals surface area contributed by atoms with Crippen LogP contribution in [-0.2, 0) is 0 Å². The van der Waals surface area contributed by atoms with Crippen molar-refractivity contribution < 1.29 is 0 Å². The third kappa shape index (κ3) is 2.78. The highest BCUT2D eigenvalue weighted by Crippen LogP contribution is 2.37. The van der Waals surface area contributed by atoms with Gasteiger partial charge in [-0.1, -0.05) is 71.1 Å². The van der Waals surface area contributed by atoms with E-state index in [1.807, 2.05) is 34.8 Å². The maximum Gasteiger partial charge on any atom is 0.213 e. The van der Waals surface area contributed by atoms with E-state index in [-0.39, 0.29) is 0 Å². The van der Waals surface area contributed by atoms with Crippen molar-refractivity contribution in [3.8, 4) is 11.4 Å². The number of aryl methyl sites for hydroxylation is 2. The molecule has 0 spiro atoms. The maximum atomic E-state index is 4.68. The van der Waals surface area contributed by atoms with Crippen LogP contribution in [0.2, 0.25) is 0 Å². The van der Waals surface area contributed by atoms with Crippen LogP contribution in [0.25, 0.3) is 16.3 Å². The average Bonchev–Trinajstić information content (AvgIpc) is 3.11. The molecule has 23 heavy (non-hydrogen) atoms. The van der Waals surface area contributed by atoms with E-state index in [4.69, 9.17) is 0 Å². The van der Waals surface area contributed by atoms with Gasteiger partial charge in [0.25, 0.3) is 0 Å². The van der Waals surface area contributed by atoms with Crippen molar-refractivity contribution in [2.45, 2.75) is 23.0 Å². The van der Waals surface area contributed by atoms with Crippen LogP contribution in [0.3, 0.4) is 0 Å². The maximum absolute atomic E-state index is 4.68. The molecule has 2 aromatic carbocycles. The van der Waals surface area contributed by atoms with E-state index in [9.17, 15) is 0 Å². The molecule has 0 aliphatic carbocycles. The molecule has 0 radical (unpaired) electrons. The second kappa shape index (κ2) is 5.83. The summed E-state index contributed by atoms with van der Waals surface area (Å²) in [5, 5.41) is 4.66. The molecular formula is C18H15N3S2. The van der Waals surface area contributed by atoms with Gasteiger partial charge in [0.2, 0.25) is 4.96 Å². The number of hydrogen-bond acceptors (Lipinski definition) is 4. The van der Waals surface area contributed by atoms with Gasteiger partial charge in [0.1, 0.15) is 0 Å². The van der Waals surface area contributed by atoms with Crippen LogP contribution >= 0.6 is 23.1 Å². The van der Waals surface area contributed by atoms with Crippen molar-refractivity contribution >= 4 is 28.1 Å². The lowest BCUT2D eigenvalue weighted by Gasteiger charge is -2.00. The van der Waals surface area contributed by atoms with Gasteiger partial charge in [0.15, 0.2) is 5.82 Å². The normalized spacial score (nSPS) is 11.2. The highest BCUT2D eigenvalue weighted by Gasteiger charge is 2.15. The fourth-order valence-corrected chi connectivity index (χ4v) is 4.54. The largest absolute Gasteiger partial charge is 0.213 e. The van der Waals surface area contributed by atoms with Gasteiger partial charge in [-0.25, -0.2) is 4.52 Å². The minimum atomic E-state index is 0.784. The number of rotatable bonds is 3. The molecule has 3 nitrogen and oxygen atoms in total. The van der Waals surface area contributed by atoms with Crippen LogP contribution in [0.1, 0.15) is 11.3 Å². The quantitative estimate of drug-likeness (QED) is 0.513. The molecule has 0 unspecified atom stereocenters. The summed E-state index contributed by atoms with van der Waals surface area (Å²) >= 11 is 3.46. The summed E-state index contributed by atoms with van der Waals surface area (Å²) in [6.45, 7) is 4.21. The van der Waals surface area contributed by atoms with Crippen LogP contribution < -0.4 is 0 Å². The topological polar surface area (TPSA) is 30.2 Å². The first-order chi connectivity index (χ1) is 11.2. The number of benzene rings is 2. The van der Waals surface area contributed by atoms with Gasteiger partial charge in [0, 0.05) is 10.5 Å². The van der Waals surface area contributed by atoms with E-state index in [0.717, 1.165) is 22.0 Å². The van der Waals surface area contributed by atoms with Gasteiger partial charge < -0.3 is 0 Å². The summed E-state index contributed by atoms with van der Waals surface area (Å²) in [6.07, 6.45) is 0. The highest BCUT2D eigenvalue weighted by atomic mass is 32.2. The van der Waals surface area contributed by atoms with Crippen LogP contribution in [0.15, 0.2) is 63.7 Å². The second-order valence-corrected chi connectivity index (χ2v) is 7.71. The predicted molar refractivity (Wildman–Crippen MR) is 96.3 cm³/mol. The van der Waals surface area contributed by atoms with Gasteiger partial charge in [-0.2, -0.15) is 4.98 Å². The van der Waals surface area contributed by atoms with Gasteiger partial charge in [-0.15, -0.1) is 5.10 Å². The average molecular weight is 337 g/mol. The summed E-state index contributed by atoms with van der Waals surface area (Å²) in [5.74, 6) is 0.784. The van der Waals surface area contributed by atoms with E-state index in [0.29, 0.717) is 0 Å². The zero-order valence-electron chi connectivity index (χ0n) is 12.9. The molecule has 0 fully saturated rings. The zero-order valence-corrected chi connectivity index (χ0v) is 14.5. The Morgan fingerprint density at radius 2 is 1.70 bits per heavy atom. The Labute approximate surface area is 143 Å². The molecule has 0 saturated carbocycles. The molecule has 5 heteroatoms. The molecule has 0 N–H and O–H groups in total.